The summed E-state index contributed by atoms with van der Waals surface area (Å²) in [5.41, 5.74) is 0.981. The molecule has 0 spiro atoms. The van der Waals surface area contributed by atoms with Gasteiger partial charge in [0.15, 0.2) is 5.11 Å². The van der Waals surface area contributed by atoms with Gasteiger partial charge in [0, 0.05) is 12.4 Å². The predicted octanol–water partition coefficient (Wildman–Crippen LogP) is 1.25. The molecule has 1 saturated heterocycles. The van der Waals surface area contributed by atoms with Crippen LogP contribution in [0.2, 0.25) is 0 Å². The number of aromatic nitrogens is 1. The van der Waals surface area contributed by atoms with Gasteiger partial charge in [0.05, 0.1) is 6.04 Å². The zero-order valence-corrected chi connectivity index (χ0v) is 9.99. The van der Waals surface area contributed by atoms with E-state index in [-0.39, 0.29) is 18.0 Å². The second-order valence-electron chi connectivity index (χ2n) is 3.84. The largest absolute Gasteiger partial charge is 0.351 e. The van der Waals surface area contributed by atoms with E-state index in [0.29, 0.717) is 5.11 Å². The van der Waals surface area contributed by atoms with Crippen LogP contribution in [-0.2, 0) is 4.79 Å². The molecule has 0 aromatic carbocycles. The van der Waals surface area contributed by atoms with Crippen LogP contribution >= 0.6 is 12.2 Å². The molecule has 84 valence electrons. The van der Waals surface area contributed by atoms with Gasteiger partial charge in [0.1, 0.15) is 6.04 Å². The topological polar surface area (TPSA) is 45.2 Å². The summed E-state index contributed by atoms with van der Waals surface area (Å²) in [7, 11) is 0. The number of thiocarbonyl (C=S) groups is 1. The molecule has 1 aliphatic heterocycles. The lowest BCUT2D eigenvalue weighted by atomic mass is 10.1. The molecular weight excluding hydrogens is 222 g/mol. The first-order valence-corrected chi connectivity index (χ1v) is 5.55. The number of hydrogen-bond donors (Lipinski definition) is 1. The number of nitrogens with zero attached hydrogens (tertiary/aromatic N) is 2. The Balaban J connectivity index is 2.26. The van der Waals surface area contributed by atoms with Gasteiger partial charge in [0.25, 0.3) is 5.91 Å². The van der Waals surface area contributed by atoms with E-state index in [1.807, 2.05) is 26.0 Å². The number of hydrogen-bond acceptors (Lipinski definition) is 3. The second kappa shape index (κ2) is 4.17. The molecule has 0 aliphatic carbocycles. The summed E-state index contributed by atoms with van der Waals surface area (Å²) >= 11 is 5.14. The van der Waals surface area contributed by atoms with E-state index in [1.54, 1.807) is 17.3 Å². The fraction of sp³-hybridized carbons (Fsp3) is 0.364. The highest BCUT2D eigenvalue weighted by atomic mass is 32.1. The Morgan fingerprint density at radius 1 is 1.62 bits per heavy atom. The Bertz CT molecular complexity index is 420. The van der Waals surface area contributed by atoms with Crippen molar-refractivity contribution in [1.82, 2.24) is 15.2 Å². The van der Waals surface area contributed by atoms with Crippen molar-refractivity contribution in [3.8, 4) is 0 Å². The minimum absolute atomic E-state index is 0.0151. The van der Waals surface area contributed by atoms with E-state index in [4.69, 9.17) is 12.2 Å². The molecule has 1 aromatic heterocycles. The maximum atomic E-state index is 11.9. The number of carbonyl (C=O) groups excluding carboxylic acids is 1. The van der Waals surface area contributed by atoms with Crippen molar-refractivity contribution in [2.24, 2.45) is 0 Å². The average molecular weight is 235 g/mol. The number of nitrogens with one attached hydrogen (secondary N) is 1. The van der Waals surface area contributed by atoms with Gasteiger partial charge in [-0.15, -0.1) is 0 Å². The highest BCUT2D eigenvalue weighted by Crippen LogP contribution is 2.23. The van der Waals surface area contributed by atoms with Crippen LogP contribution < -0.4 is 5.32 Å². The quantitative estimate of drug-likeness (QED) is 0.784. The Labute approximate surface area is 99.7 Å². The monoisotopic (exact) mass is 235 g/mol. The third kappa shape index (κ3) is 1.78. The average Bonchev–Trinajstić information content (AvgIpc) is 2.54. The first kappa shape index (κ1) is 11.0. The molecule has 16 heavy (non-hydrogen) atoms. The van der Waals surface area contributed by atoms with Crippen molar-refractivity contribution in [2.75, 3.05) is 0 Å². The third-order valence-electron chi connectivity index (χ3n) is 2.72. The summed E-state index contributed by atoms with van der Waals surface area (Å²) in [4.78, 5) is 17.5. The van der Waals surface area contributed by atoms with Crippen LogP contribution in [-0.4, -0.2) is 26.9 Å². The molecule has 1 fully saturated rings. The molecule has 0 saturated carbocycles. The van der Waals surface area contributed by atoms with Gasteiger partial charge in [-0.3, -0.25) is 14.7 Å². The summed E-state index contributed by atoms with van der Waals surface area (Å²) < 4.78 is 0. The highest BCUT2D eigenvalue weighted by Gasteiger charge is 2.35. The molecule has 4 nitrogen and oxygen atoms in total. The van der Waals surface area contributed by atoms with Crippen LogP contribution in [0, 0.1) is 0 Å². The molecular formula is C11H13N3OS. The Kier molecular flexibility index (Phi) is 2.87. The molecule has 1 aromatic rings. The number of pyridine rings is 1. The van der Waals surface area contributed by atoms with Gasteiger partial charge < -0.3 is 5.32 Å². The minimum Gasteiger partial charge on any atom is -0.351 e. The number of rotatable bonds is 2. The van der Waals surface area contributed by atoms with E-state index in [0.717, 1.165) is 5.56 Å². The summed E-state index contributed by atoms with van der Waals surface area (Å²) in [5.74, 6) is 0.0151. The SMILES string of the molecule is C[C@H]1NC(=S)N([C@@H](C)c2cccnc2)C1=O. The van der Waals surface area contributed by atoms with Crippen LogP contribution in [0.4, 0.5) is 0 Å². The molecule has 1 aliphatic rings. The fourth-order valence-corrected chi connectivity index (χ4v) is 2.19. The normalized spacial score (nSPS) is 22.1. The lowest BCUT2D eigenvalue weighted by Crippen LogP contribution is -2.33. The van der Waals surface area contributed by atoms with Crippen LogP contribution in [0.15, 0.2) is 24.5 Å². The summed E-state index contributed by atoms with van der Waals surface area (Å²) in [6, 6.07) is 3.49. The van der Waals surface area contributed by atoms with Crippen molar-refractivity contribution < 1.29 is 4.79 Å². The first-order valence-electron chi connectivity index (χ1n) is 5.14. The summed E-state index contributed by atoms with van der Waals surface area (Å²) in [5, 5.41) is 3.45. The minimum atomic E-state index is -0.230. The number of amides is 1. The molecule has 0 bridgehead atoms. The summed E-state index contributed by atoms with van der Waals surface area (Å²) in [6.07, 6.45) is 3.46. The molecule has 2 rings (SSSR count). The second-order valence-corrected chi connectivity index (χ2v) is 4.23. The van der Waals surface area contributed by atoms with Gasteiger partial charge in [-0.05, 0) is 37.7 Å². The third-order valence-corrected chi connectivity index (χ3v) is 3.04. The maximum Gasteiger partial charge on any atom is 0.251 e. The lowest BCUT2D eigenvalue weighted by molar-refractivity contribution is -0.128. The zero-order valence-electron chi connectivity index (χ0n) is 9.18. The molecule has 1 N–H and O–H groups in total. The van der Waals surface area contributed by atoms with E-state index < -0.39 is 0 Å². The van der Waals surface area contributed by atoms with Gasteiger partial charge in [-0.1, -0.05) is 6.07 Å². The molecule has 1 amide bonds. The van der Waals surface area contributed by atoms with E-state index in [9.17, 15) is 4.79 Å². The molecule has 0 unspecified atom stereocenters. The Morgan fingerprint density at radius 2 is 2.38 bits per heavy atom. The van der Waals surface area contributed by atoms with E-state index in [1.165, 1.54) is 0 Å². The zero-order chi connectivity index (χ0) is 11.7. The van der Waals surface area contributed by atoms with Crippen LogP contribution in [0.25, 0.3) is 0 Å². The van der Waals surface area contributed by atoms with Crippen LogP contribution in [0.5, 0.6) is 0 Å². The fourth-order valence-electron chi connectivity index (χ4n) is 1.76. The molecule has 2 atom stereocenters. The molecule has 2 heterocycles. The summed E-state index contributed by atoms with van der Waals surface area (Å²) in [6.45, 7) is 3.76. The van der Waals surface area contributed by atoms with Crippen molar-refractivity contribution in [3.05, 3.63) is 30.1 Å². The smallest absolute Gasteiger partial charge is 0.251 e. The van der Waals surface area contributed by atoms with E-state index >= 15 is 0 Å². The number of carbonyl (C=O) groups is 1. The van der Waals surface area contributed by atoms with Crippen molar-refractivity contribution in [2.45, 2.75) is 25.9 Å². The van der Waals surface area contributed by atoms with Gasteiger partial charge >= 0.3 is 0 Å². The van der Waals surface area contributed by atoms with Crippen LogP contribution in [0.3, 0.4) is 0 Å². The van der Waals surface area contributed by atoms with Crippen molar-refractivity contribution in [1.29, 1.82) is 0 Å². The first-order chi connectivity index (χ1) is 7.61. The highest BCUT2D eigenvalue weighted by molar-refractivity contribution is 7.80. The van der Waals surface area contributed by atoms with Gasteiger partial charge in [-0.2, -0.15) is 0 Å². The molecule has 0 radical (unpaired) electrons. The maximum absolute atomic E-state index is 11.9. The van der Waals surface area contributed by atoms with Gasteiger partial charge in [0.2, 0.25) is 0 Å². The van der Waals surface area contributed by atoms with E-state index in [2.05, 4.69) is 10.3 Å². The predicted molar refractivity (Wildman–Crippen MR) is 64.7 cm³/mol. The molecule has 5 heteroatoms. The van der Waals surface area contributed by atoms with Gasteiger partial charge in [-0.25, -0.2) is 0 Å². The Morgan fingerprint density at radius 3 is 2.88 bits per heavy atom. The van der Waals surface area contributed by atoms with Crippen LogP contribution in [0.1, 0.15) is 25.5 Å². The Hall–Kier alpha value is -1.49. The van der Waals surface area contributed by atoms with Crippen molar-refractivity contribution >= 4 is 23.2 Å². The standard InChI is InChI=1S/C11H13N3OS/c1-7-10(15)14(11(16)13-7)8(2)9-4-3-5-12-6-9/h3-8H,1-2H3,(H,13,16)/t7-,8+/m1/s1. The van der Waals surface area contributed by atoms with Crippen molar-refractivity contribution in [3.63, 3.8) is 0 Å². The lowest BCUT2D eigenvalue weighted by Gasteiger charge is -2.23.